The zero-order valence-corrected chi connectivity index (χ0v) is 20.0. The van der Waals surface area contributed by atoms with E-state index in [0.717, 1.165) is 0 Å². The van der Waals surface area contributed by atoms with E-state index in [1.54, 1.807) is 48.2 Å². The van der Waals surface area contributed by atoms with Crippen LogP contribution in [0.4, 0.5) is 16.3 Å². The fraction of sp³-hybridized carbons (Fsp3) is 0.375. The highest BCUT2D eigenvalue weighted by molar-refractivity contribution is 5.75. The summed E-state index contributed by atoms with van der Waals surface area (Å²) in [7, 11) is 3.49. The average Bonchev–Trinajstić information content (AvgIpc) is 3.22. The first-order chi connectivity index (χ1) is 16.5. The lowest BCUT2D eigenvalue weighted by atomic mass is 9.97. The Balaban J connectivity index is 2.08. The van der Waals surface area contributed by atoms with Crippen LogP contribution in [0.3, 0.4) is 0 Å². The minimum atomic E-state index is -1.19. The zero-order valence-electron chi connectivity index (χ0n) is 20.0. The van der Waals surface area contributed by atoms with Gasteiger partial charge in [0.2, 0.25) is 5.95 Å². The number of aliphatic hydroxyl groups excluding tert-OH is 2. The molecular weight excluding hydrogens is 455 g/mol. The Bertz CT molecular complexity index is 1200. The lowest BCUT2D eigenvalue weighted by molar-refractivity contribution is -0.139. The molecule has 0 spiro atoms. The SMILES string of the molecule is CC(C)c1nc(N(C)c2ncn(C)n2)nc(-c2ccc(F)cc2)c1/C=C/[C@@H](O)C[C@@H](O)CC(=O)O. The Morgan fingerprint density at radius 3 is 2.43 bits per heavy atom. The molecule has 0 unspecified atom stereocenters. The number of rotatable bonds is 10. The molecule has 0 aliphatic rings. The molecule has 2 atom stereocenters. The molecule has 0 radical (unpaired) electrons. The van der Waals surface area contributed by atoms with Crippen LogP contribution in [0.1, 0.15) is 43.9 Å². The number of benzene rings is 1. The third-order valence-corrected chi connectivity index (χ3v) is 5.22. The van der Waals surface area contributed by atoms with Crippen molar-refractivity contribution < 1.29 is 24.5 Å². The van der Waals surface area contributed by atoms with Gasteiger partial charge in [-0.1, -0.05) is 26.0 Å². The number of anilines is 2. The van der Waals surface area contributed by atoms with Crippen LogP contribution in [-0.4, -0.2) is 65.3 Å². The molecule has 0 saturated heterocycles. The van der Waals surface area contributed by atoms with E-state index in [9.17, 15) is 19.4 Å². The molecule has 3 N–H and O–H groups in total. The molecule has 0 saturated carbocycles. The standard InChI is InChI=1S/C24H29FN6O4/c1-14(2)21-19(10-9-17(32)11-18(33)12-20(34)35)22(15-5-7-16(25)8-6-15)28-24(27-21)31(4)23-26-13-30(3)29-23/h5-10,13-14,17-18,32-33H,11-12H2,1-4H3,(H,34,35)/b10-9+/t17-,18-/m1/s1. The van der Waals surface area contributed by atoms with Crippen molar-refractivity contribution in [3.8, 4) is 11.3 Å². The van der Waals surface area contributed by atoms with Crippen LogP contribution in [0.5, 0.6) is 0 Å². The van der Waals surface area contributed by atoms with Crippen molar-refractivity contribution in [3.05, 3.63) is 53.7 Å². The summed E-state index contributed by atoms with van der Waals surface area (Å²) in [5.74, 6) is -0.839. The second kappa shape index (κ2) is 11.2. The molecule has 3 aromatic rings. The van der Waals surface area contributed by atoms with Crippen molar-refractivity contribution in [1.82, 2.24) is 24.7 Å². The highest BCUT2D eigenvalue weighted by Crippen LogP contribution is 2.32. The van der Waals surface area contributed by atoms with E-state index in [1.807, 2.05) is 13.8 Å². The first kappa shape index (κ1) is 25.9. The van der Waals surface area contributed by atoms with Gasteiger partial charge < -0.3 is 15.3 Å². The van der Waals surface area contributed by atoms with Crippen LogP contribution in [0.25, 0.3) is 17.3 Å². The minimum Gasteiger partial charge on any atom is -0.481 e. The second-order valence-electron chi connectivity index (χ2n) is 8.52. The van der Waals surface area contributed by atoms with Crippen LogP contribution in [0.2, 0.25) is 0 Å². The quantitative estimate of drug-likeness (QED) is 0.396. The molecule has 186 valence electrons. The van der Waals surface area contributed by atoms with Gasteiger partial charge in [-0.3, -0.25) is 14.4 Å². The van der Waals surface area contributed by atoms with Crippen LogP contribution in [0, 0.1) is 5.82 Å². The normalized spacial score (nSPS) is 13.4. The largest absolute Gasteiger partial charge is 0.481 e. The highest BCUT2D eigenvalue weighted by atomic mass is 19.1. The summed E-state index contributed by atoms with van der Waals surface area (Å²) in [5.41, 5.74) is 2.44. The Kier molecular flexibility index (Phi) is 8.26. The van der Waals surface area contributed by atoms with Gasteiger partial charge in [-0.2, -0.15) is 0 Å². The smallest absolute Gasteiger partial charge is 0.305 e. The lowest BCUT2D eigenvalue weighted by Gasteiger charge is -2.20. The van der Waals surface area contributed by atoms with Gasteiger partial charge in [0, 0.05) is 31.6 Å². The Hall–Kier alpha value is -3.70. The lowest BCUT2D eigenvalue weighted by Crippen LogP contribution is -2.19. The van der Waals surface area contributed by atoms with Gasteiger partial charge in [0.1, 0.15) is 12.1 Å². The molecule has 0 amide bonds. The zero-order chi connectivity index (χ0) is 25.7. The monoisotopic (exact) mass is 484 g/mol. The Morgan fingerprint density at radius 1 is 1.17 bits per heavy atom. The summed E-state index contributed by atoms with van der Waals surface area (Å²) in [4.78, 5) is 26.1. The summed E-state index contributed by atoms with van der Waals surface area (Å²) in [5, 5.41) is 33.3. The molecule has 0 aliphatic carbocycles. The van der Waals surface area contributed by atoms with E-state index in [-0.39, 0.29) is 18.2 Å². The van der Waals surface area contributed by atoms with E-state index in [2.05, 4.69) is 10.1 Å². The minimum absolute atomic E-state index is 0.0459. The summed E-state index contributed by atoms with van der Waals surface area (Å²) in [6.45, 7) is 3.92. The maximum Gasteiger partial charge on any atom is 0.305 e. The van der Waals surface area contributed by atoms with E-state index >= 15 is 0 Å². The predicted molar refractivity (Wildman–Crippen MR) is 128 cm³/mol. The van der Waals surface area contributed by atoms with Gasteiger partial charge in [0.25, 0.3) is 5.95 Å². The number of nitrogens with zero attached hydrogens (tertiary/aromatic N) is 6. The fourth-order valence-electron chi connectivity index (χ4n) is 3.48. The van der Waals surface area contributed by atoms with Crippen LogP contribution in [0.15, 0.2) is 36.7 Å². The number of carbonyl (C=O) groups is 1. The van der Waals surface area contributed by atoms with Gasteiger partial charge in [-0.15, -0.1) is 5.10 Å². The van der Waals surface area contributed by atoms with Gasteiger partial charge in [0.15, 0.2) is 0 Å². The van der Waals surface area contributed by atoms with Gasteiger partial charge >= 0.3 is 5.97 Å². The maximum atomic E-state index is 13.6. The van der Waals surface area contributed by atoms with Crippen LogP contribution < -0.4 is 4.90 Å². The van der Waals surface area contributed by atoms with Crippen molar-refractivity contribution in [2.24, 2.45) is 7.05 Å². The summed E-state index contributed by atoms with van der Waals surface area (Å²) < 4.78 is 15.2. The predicted octanol–water partition coefficient (Wildman–Crippen LogP) is 2.90. The number of hydrogen-bond donors (Lipinski definition) is 3. The molecular formula is C24H29FN6O4. The Labute approximate surface area is 202 Å². The molecule has 0 bridgehead atoms. The highest BCUT2D eigenvalue weighted by Gasteiger charge is 2.21. The van der Waals surface area contributed by atoms with Crippen LogP contribution in [-0.2, 0) is 11.8 Å². The second-order valence-corrected chi connectivity index (χ2v) is 8.52. The van der Waals surface area contributed by atoms with E-state index in [0.29, 0.717) is 34.4 Å². The van der Waals surface area contributed by atoms with Crippen molar-refractivity contribution >= 4 is 23.9 Å². The summed E-state index contributed by atoms with van der Waals surface area (Å²) in [6, 6.07) is 5.88. The molecule has 0 aliphatic heterocycles. The number of halogens is 1. The molecule has 2 heterocycles. The third kappa shape index (κ3) is 6.67. The number of carboxylic acid groups (broad SMARTS) is 1. The van der Waals surface area contributed by atoms with Crippen molar-refractivity contribution in [3.63, 3.8) is 0 Å². The van der Waals surface area contributed by atoms with Crippen molar-refractivity contribution in [2.75, 3.05) is 11.9 Å². The Morgan fingerprint density at radius 2 is 1.86 bits per heavy atom. The van der Waals surface area contributed by atoms with E-state index in [4.69, 9.17) is 15.1 Å². The van der Waals surface area contributed by atoms with E-state index < -0.39 is 24.6 Å². The summed E-state index contributed by atoms with van der Waals surface area (Å²) >= 11 is 0. The van der Waals surface area contributed by atoms with Crippen molar-refractivity contribution in [2.45, 2.75) is 44.8 Å². The van der Waals surface area contributed by atoms with E-state index in [1.165, 1.54) is 18.2 Å². The fourth-order valence-corrected chi connectivity index (χ4v) is 3.48. The molecule has 3 rings (SSSR count). The van der Waals surface area contributed by atoms with Gasteiger partial charge in [-0.05, 0) is 30.2 Å². The molecule has 10 nitrogen and oxygen atoms in total. The van der Waals surface area contributed by atoms with Gasteiger partial charge in [-0.25, -0.2) is 19.3 Å². The number of aliphatic hydroxyl groups is 2. The number of aryl methyl sites for hydroxylation is 1. The first-order valence-electron chi connectivity index (χ1n) is 11.1. The number of aromatic nitrogens is 5. The third-order valence-electron chi connectivity index (χ3n) is 5.22. The molecule has 1 aromatic carbocycles. The first-order valence-corrected chi connectivity index (χ1v) is 11.1. The molecule has 11 heteroatoms. The molecule has 35 heavy (non-hydrogen) atoms. The van der Waals surface area contributed by atoms with Crippen molar-refractivity contribution in [1.29, 1.82) is 0 Å². The maximum absolute atomic E-state index is 13.6. The van der Waals surface area contributed by atoms with Gasteiger partial charge in [0.05, 0.1) is 30.0 Å². The van der Waals surface area contributed by atoms with Crippen LogP contribution >= 0.6 is 0 Å². The topological polar surface area (TPSA) is 137 Å². The number of hydrogen-bond acceptors (Lipinski definition) is 8. The molecule has 2 aromatic heterocycles. The summed E-state index contributed by atoms with van der Waals surface area (Å²) in [6.07, 6.45) is 1.79. The number of aliphatic carboxylic acids is 1. The number of carboxylic acids is 1. The molecule has 0 fully saturated rings. The average molecular weight is 485 g/mol.